The van der Waals surface area contributed by atoms with Gasteiger partial charge in [0.2, 0.25) is 0 Å². The van der Waals surface area contributed by atoms with Crippen LogP contribution in [0.15, 0.2) is 6.07 Å². The van der Waals surface area contributed by atoms with Gasteiger partial charge in [0.05, 0.1) is 13.1 Å². The molecule has 18 heavy (non-hydrogen) atoms. The number of hydrogen-bond acceptors (Lipinski definition) is 2. The smallest absolute Gasteiger partial charge is 0.126 e. The van der Waals surface area contributed by atoms with Crippen molar-refractivity contribution in [1.82, 2.24) is 5.32 Å². The highest BCUT2D eigenvalue weighted by Crippen LogP contribution is 2.37. The van der Waals surface area contributed by atoms with Crippen molar-refractivity contribution in [2.45, 2.75) is 40.0 Å². The van der Waals surface area contributed by atoms with E-state index in [0.717, 1.165) is 12.3 Å². The second-order valence-corrected chi connectivity index (χ2v) is 5.76. The molecule has 0 bridgehead atoms. The van der Waals surface area contributed by atoms with Crippen molar-refractivity contribution in [1.29, 1.82) is 0 Å². The molecule has 2 nitrogen and oxygen atoms in total. The van der Waals surface area contributed by atoms with Crippen LogP contribution in [-0.4, -0.2) is 19.7 Å². The summed E-state index contributed by atoms with van der Waals surface area (Å²) in [6, 6.07) is 2.70. The van der Waals surface area contributed by atoms with Gasteiger partial charge in [-0.25, -0.2) is 0 Å². The molecule has 0 aliphatic carbocycles. The third-order valence-corrected chi connectivity index (χ3v) is 3.72. The van der Waals surface area contributed by atoms with Gasteiger partial charge < -0.3 is 10.1 Å². The maximum absolute atomic E-state index is 5.72. The van der Waals surface area contributed by atoms with Gasteiger partial charge in [-0.2, -0.15) is 0 Å². The lowest BCUT2D eigenvalue weighted by Crippen LogP contribution is -2.33. The minimum absolute atomic E-state index is 0.0111. The van der Waals surface area contributed by atoms with Crippen molar-refractivity contribution >= 4 is 11.6 Å². The second-order valence-electron chi connectivity index (χ2n) is 5.49. The minimum Gasteiger partial charge on any atom is -0.496 e. The average molecular weight is 270 g/mol. The molecule has 0 spiro atoms. The summed E-state index contributed by atoms with van der Waals surface area (Å²) in [6.45, 7) is 11.6. The third kappa shape index (κ3) is 2.99. The average Bonchev–Trinajstić information content (AvgIpc) is 2.30. The molecule has 0 saturated carbocycles. The Morgan fingerprint density at radius 3 is 2.33 bits per heavy atom. The standard InChI is InChI=1S/C15H24ClNO/c1-10-7-11(2)13(14(18-6)12(10)3)15(4,5)8-17-9-16/h7,17H,8-9H2,1-6H3. The molecule has 1 rings (SSSR count). The fraction of sp³-hybridized carbons (Fsp3) is 0.600. The Morgan fingerprint density at radius 2 is 1.83 bits per heavy atom. The van der Waals surface area contributed by atoms with E-state index >= 15 is 0 Å². The van der Waals surface area contributed by atoms with Crippen molar-refractivity contribution in [3.63, 3.8) is 0 Å². The molecule has 0 aliphatic rings. The zero-order chi connectivity index (χ0) is 13.9. The number of halogens is 1. The van der Waals surface area contributed by atoms with Crippen LogP contribution in [0.2, 0.25) is 0 Å². The molecule has 0 fully saturated rings. The van der Waals surface area contributed by atoms with E-state index in [1.165, 1.54) is 22.3 Å². The van der Waals surface area contributed by atoms with E-state index in [1.807, 2.05) is 0 Å². The molecular formula is C15H24ClNO. The summed E-state index contributed by atoms with van der Waals surface area (Å²) in [4.78, 5) is 0. The van der Waals surface area contributed by atoms with Crippen LogP contribution in [-0.2, 0) is 5.41 Å². The lowest BCUT2D eigenvalue weighted by atomic mass is 9.79. The van der Waals surface area contributed by atoms with Gasteiger partial charge in [-0.3, -0.25) is 0 Å². The van der Waals surface area contributed by atoms with E-state index in [-0.39, 0.29) is 5.41 Å². The molecule has 0 radical (unpaired) electrons. The summed E-state index contributed by atoms with van der Waals surface area (Å²) >= 11 is 5.72. The van der Waals surface area contributed by atoms with E-state index in [9.17, 15) is 0 Å². The number of nitrogens with one attached hydrogen (secondary N) is 1. The molecule has 3 heteroatoms. The van der Waals surface area contributed by atoms with Gasteiger partial charge in [0.15, 0.2) is 0 Å². The molecule has 0 heterocycles. The van der Waals surface area contributed by atoms with E-state index in [4.69, 9.17) is 16.3 Å². The summed E-state index contributed by atoms with van der Waals surface area (Å²) in [5.74, 6) is 1.01. The van der Waals surface area contributed by atoms with Gasteiger partial charge in [0.1, 0.15) is 5.75 Å². The molecule has 1 N–H and O–H groups in total. The predicted molar refractivity (Wildman–Crippen MR) is 79.0 cm³/mol. The first-order chi connectivity index (χ1) is 8.35. The van der Waals surface area contributed by atoms with E-state index in [0.29, 0.717) is 6.00 Å². The Balaban J connectivity index is 3.34. The molecule has 0 aliphatic heterocycles. The van der Waals surface area contributed by atoms with Gasteiger partial charge in [-0.05, 0) is 37.5 Å². The number of ether oxygens (including phenoxy) is 1. The Hall–Kier alpha value is -0.730. The van der Waals surface area contributed by atoms with Crippen molar-refractivity contribution in [3.8, 4) is 5.75 Å². The normalized spacial score (nSPS) is 11.7. The molecule has 0 amide bonds. The van der Waals surface area contributed by atoms with Gasteiger partial charge in [0.25, 0.3) is 0 Å². The zero-order valence-electron chi connectivity index (χ0n) is 12.3. The van der Waals surface area contributed by atoms with Crippen molar-refractivity contribution in [2.75, 3.05) is 19.7 Å². The van der Waals surface area contributed by atoms with E-state index < -0.39 is 0 Å². The predicted octanol–water partition coefficient (Wildman–Crippen LogP) is 3.68. The summed E-state index contributed by atoms with van der Waals surface area (Å²) in [5.41, 5.74) is 5.02. The van der Waals surface area contributed by atoms with Crippen molar-refractivity contribution < 1.29 is 4.74 Å². The molecule has 1 aromatic carbocycles. The lowest BCUT2D eigenvalue weighted by Gasteiger charge is -2.30. The van der Waals surface area contributed by atoms with Crippen LogP contribution < -0.4 is 10.1 Å². The monoisotopic (exact) mass is 269 g/mol. The maximum atomic E-state index is 5.72. The highest BCUT2D eigenvalue weighted by atomic mass is 35.5. The molecule has 1 aromatic rings. The van der Waals surface area contributed by atoms with Gasteiger partial charge in [-0.15, -0.1) is 11.6 Å². The Morgan fingerprint density at radius 1 is 1.22 bits per heavy atom. The number of aryl methyl sites for hydroxylation is 2. The van der Waals surface area contributed by atoms with Crippen LogP contribution in [0.5, 0.6) is 5.75 Å². The summed E-state index contributed by atoms with van der Waals surface area (Å²) in [7, 11) is 1.75. The molecular weight excluding hydrogens is 246 g/mol. The largest absolute Gasteiger partial charge is 0.496 e. The Labute approximate surface area is 116 Å². The van der Waals surface area contributed by atoms with Gasteiger partial charge in [-0.1, -0.05) is 19.9 Å². The number of benzene rings is 1. The van der Waals surface area contributed by atoms with Crippen LogP contribution in [0.3, 0.4) is 0 Å². The van der Waals surface area contributed by atoms with Crippen LogP contribution in [0.25, 0.3) is 0 Å². The number of rotatable bonds is 5. The lowest BCUT2D eigenvalue weighted by molar-refractivity contribution is 0.384. The fourth-order valence-electron chi connectivity index (χ4n) is 2.60. The first kappa shape index (κ1) is 15.3. The second kappa shape index (κ2) is 5.94. The number of alkyl halides is 1. The molecule has 0 atom stereocenters. The molecule has 0 unspecified atom stereocenters. The highest BCUT2D eigenvalue weighted by Gasteiger charge is 2.27. The van der Waals surface area contributed by atoms with Crippen molar-refractivity contribution in [2.24, 2.45) is 0 Å². The zero-order valence-corrected chi connectivity index (χ0v) is 13.0. The van der Waals surface area contributed by atoms with Crippen LogP contribution in [0.1, 0.15) is 36.1 Å². The minimum atomic E-state index is -0.0111. The summed E-state index contributed by atoms with van der Waals surface area (Å²) in [6.07, 6.45) is 0. The first-order valence-corrected chi connectivity index (χ1v) is 6.80. The summed E-state index contributed by atoms with van der Waals surface area (Å²) < 4.78 is 5.64. The number of methoxy groups -OCH3 is 1. The van der Waals surface area contributed by atoms with Crippen molar-refractivity contribution in [3.05, 3.63) is 28.3 Å². The SMILES string of the molecule is COc1c(C)c(C)cc(C)c1C(C)(C)CNCCl. The maximum Gasteiger partial charge on any atom is 0.126 e. The molecule has 102 valence electrons. The van der Waals surface area contributed by atoms with Crippen LogP contribution >= 0.6 is 11.6 Å². The Bertz CT molecular complexity index is 427. The molecule has 0 aromatic heterocycles. The Kier molecular flexibility index (Phi) is 5.06. The fourth-order valence-corrected chi connectivity index (χ4v) is 2.69. The first-order valence-electron chi connectivity index (χ1n) is 6.27. The van der Waals surface area contributed by atoms with Crippen LogP contribution in [0, 0.1) is 20.8 Å². The van der Waals surface area contributed by atoms with Gasteiger partial charge in [0, 0.05) is 17.5 Å². The topological polar surface area (TPSA) is 21.3 Å². The van der Waals surface area contributed by atoms with Gasteiger partial charge >= 0.3 is 0 Å². The highest BCUT2D eigenvalue weighted by molar-refractivity contribution is 6.17. The summed E-state index contributed by atoms with van der Waals surface area (Å²) in [5, 5.41) is 3.21. The third-order valence-electron chi connectivity index (χ3n) is 3.53. The van der Waals surface area contributed by atoms with E-state index in [1.54, 1.807) is 7.11 Å². The molecule has 0 saturated heterocycles. The quantitative estimate of drug-likeness (QED) is 0.650. The van der Waals surface area contributed by atoms with E-state index in [2.05, 4.69) is 46.0 Å². The van der Waals surface area contributed by atoms with Crippen LogP contribution in [0.4, 0.5) is 0 Å². The number of hydrogen-bond donors (Lipinski definition) is 1.